The van der Waals surface area contributed by atoms with Gasteiger partial charge in [-0.3, -0.25) is 14.8 Å². The molecule has 0 aliphatic heterocycles. The van der Waals surface area contributed by atoms with Crippen LogP contribution in [0.1, 0.15) is 0 Å². The number of nitro groups is 1. The Bertz CT molecular complexity index is 563. The predicted octanol–water partition coefficient (Wildman–Crippen LogP) is 1.72. The number of benzene rings is 1. The molecule has 0 radical (unpaired) electrons. The second-order valence-electron chi connectivity index (χ2n) is 3.09. The zero-order chi connectivity index (χ0) is 11.2. The number of nitro benzene ring substituents is 1. The molecular formula is C8H7ClN4O2. The highest BCUT2D eigenvalue weighted by molar-refractivity contribution is 6.32. The highest BCUT2D eigenvalue weighted by Crippen LogP contribution is 2.31. The molecule has 1 heterocycles. The van der Waals surface area contributed by atoms with E-state index in [0.717, 1.165) is 0 Å². The molecule has 0 aliphatic rings. The van der Waals surface area contributed by atoms with Crippen molar-refractivity contribution in [2.45, 2.75) is 0 Å². The number of aromatic nitrogens is 2. The molecule has 0 atom stereocenters. The molecule has 15 heavy (non-hydrogen) atoms. The van der Waals surface area contributed by atoms with Crippen LogP contribution in [-0.2, 0) is 7.05 Å². The zero-order valence-corrected chi connectivity index (χ0v) is 8.52. The Balaban J connectivity index is 2.92. The smallest absolute Gasteiger partial charge is 0.298 e. The van der Waals surface area contributed by atoms with E-state index in [1.54, 1.807) is 13.1 Å². The van der Waals surface area contributed by atoms with Gasteiger partial charge in [-0.2, -0.15) is 5.10 Å². The summed E-state index contributed by atoms with van der Waals surface area (Å²) in [6.45, 7) is 0. The summed E-state index contributed by atoms with van der Waals surface area (Å²) in [7, 11) is 1.62. The maximum Gasteiger partial charge on any atom is 0.298 e. The topological polar surface area (TPSA) is 87.0 Å². The van der Waals surface area contributed by atoms with Gasteiger partial charge in [-0.25, -0.2) is 0 Å². The molecule has 2 rings (SSSR count). The molecule has 1 aromatic heterocycles. The molecule has 0 fully saturated rings. The third kappa shape index (κ3) is 1.39. The number of nitrogens with zero attached hydrogens (tertiary/aromatic N) is 3. The predicted molar refractivity (Wildman–Crippen MR) is 56.8 cm³/mol. The van der Waals surface area contributed by atoms with Crippen molar-refractivity contribution in [2.75, 3.05) is 5.73 Å². The van der Waals surface area contributed by atoms with E-state index in [-0.39, 0.29) is 16.2 Å². The van der Waals surface area contributed by atoms with Crippen LogP contribution in [0.4, 0.5) is 11.5 Å². The number of fused-ring (bicyclic) bond motifs is 1. The van der Waals surface area contributed by atoms with Crippen molar-refractivity contribution in [3.8, 4) is 0 Å². The van der Waals surface area contributed by atoms with E-state index in [2.05, 4.69) is 5.10 Å². The van der Waals surface area contributed by atoms with Gasteiger partial charge in [0.05, 0.1) is 10.3 Å². The van der Waals surface area contributed by atoms with E-state index in [9.17, 15) is 10.1 Å². The van der Waals surface area contributed by atoms with Gasteiger partial charge in [0, 0.05) is 18.1 Å². The minimum Gasteiger partial charge on any atom is -0.383 e. The monoisotopic (exact) mass is 226 g/mol. The first-order valence-electron chi connectivity index (χ1n) is 4.07. The minimum atomic E-state index is -0.527. The maximum absolute atomic E-state index is 10.7. The lowest BCUT2D eigenvalue weighted by molar-refractivity contribution is -0.383. The van der Waals surface area contributed by atoms with Crippen molar-refractivity contribution in [3.63, 3.8) is 0 Å². The van der Waals surface area contributed by atoms with E-state index in [0.29, 0.717) is 11.2 Å². The summed E-state index contributed by atoms with van der Waals surface area (Å²) in [5, 5.41) is 15.5. The molecule has 7 heteroatoms. The SMILES string of the molecule is Cn1nc2c([N+](=O)[O-])cc(Cl)cc2c1N. The van der Waals surface area contributed by atoms with Crippen LogP contribution in [0.25, 0.3) is 10.9 Å². The van der Waals surface area contributed by atoms with Gasteiger partial charge in [0.1, 0.15) is 5.82 Å². The molecule has 1 aromatic carbocycles. The van der Waals surface area contributed by atoms with Crippen molar-refractivity contribution < 1.29 is 4.92 Å². The van der Waals surface area contributed by atoms with Crippen molar-refractivity contribution in [2.24, 2.45) is 7.05 Å². The van der Waals surface area contributed by atoms with Gasteiger partial charge < -0.3 is 5.73 Å². The summed E-state index contributed by atoms with van der Waals surface area (Å²) in [5.74, 6) is 0.357. The quantitative estimate of drug-likeness (QED) is 0.592. The Morgan fingerprint density at radius 2 is 2.27 bits per heavy atom. The summed E-state index contributed by atoms with van der Waals surface area (Å²) in [6.07, 6.45) is 0. The number of nitrogens with two attached hydrogens (primary N) is 1. The number of hydrogen-bond donors (Lipinski definition) is 1. The van der Waals surface area contributed by atoms with Crippen molar-refractivity contribution in [1.82, 2.24) is 9.78 Å². The number of halogens is 1. The molecule has 0 saturated heterocycles. The van der Waals surface area contributed by atoms with Gasteiger partial charge in [0.2, 0.25) is 0 Å². The molecular weight excluding hydrogens is 220 g/mol. The second-order valence-corrected chi connectivity index (χ2v) is 3.52. The fraction of sp³-hybridized carbons (Fsp3) is 0.125. The van der Waals surface area contributed by atoms with Crippen molar-refractivity contribution in [1.29, 1.82) is 0 Å². The molecule has 2 N–H and O–H groups in total. The van der Waals surface area contributed by atoms with Gasteiger partial charge >= 0.3 is 0 Å². The zero-order valence-electron chi connectivity index (χ0n) is 7.77. The van der Waals surface area contributed by atoms with Crippen LogP contribution in [0.2, 0.25) is 5.02 Å². The number of rotatable bonds is 1. The standard InChI is InChI=1S/C8H7ClN4O2/c1-12-8(10)5-2-4(9)3-6(13(14)15)7(5)11-12/h2-3H,10H2,1H3. The molecule has 78 valence electrons. The van der Waals surface area contributed by atoms with E-state index in [1.807, 2.05) is 0 Å². The first-order valence-corrected chi connectivity index (χ1v) is 4.44. The third-order valence-corrected chi connectivity index (χ3v) is 2.34. The lowest BCUT2D eigenvalue weighted by Gasteiger charge is -1.94. The fourth-order valence-corrected chi connectivity index (χ4v) is 1.62. The van der Waals surface area contributed by atoms with Gasteiger partial charge in [-0.05, 0) is 6.07 Å². The molecule has 0 saturated carbocycles. The largest absolute Gasteiger partial charge is 0.383 e. The average Bonchev–Trinajstić information content (AvgIpc) is 2.43. The number of anilines is 1. The Labute approximate surface area is 89.4 Å². The van der Waals surface area contributed by atoms with E-state index >= 15 is 0 Å². The average molecular weight is 227 g/mol. The van der Waals surface area contributed by atoms with Crippen LogP contribution in [-0.4, -0.2) is 14.7 Å². The maximum atomic E-state index is 10.7. The number of non-ortho nitro benzene ring substituents is 1. The number of hydrogen-bond acceptors (Lipinski definition) is 4. The third-order valence-electron chi connectivity index (χ3n) is 2.13. The van der Waals surface area contributed by atoms with E-state index < -0.39 is 4.92 Å². The summed E-state index contributed by atoms with van der Waals surface area (Å²) >= 11 is 5.75. The van der Waals surface area contributed by atoms with Crippen molar-refractivity contribution >= 4 is 34.0 Å². The molecule has 0 bridgehead atoms. The van der Waals surface area contributed by atoms with Gasteiger partial charge in [0.25, 0.3) is 5.69 Å². The Kier molecular flexibility index (Phi) is 2.01. The molecule has 0 unspecified atom stereocenters. The van der Waals surface area contributed by atoms with Crippen LogP contribution in [0.5, 0.6) is 0 Å². The molecule has 0 spiro atoms. The summed E-state index contributed by atoms with van der Waals surface area (Å²) in [6, 6.07) is 2.82. The fourth-order valence-electron chi connectivity index (χ4n) is 1.40. The van der Waals surface area contributed by atoms with Crippen LogP contribution >= 0.6 is 11.6 Å². The summed E-state index contributed by atoms with van der Waals surface area (Å²) < 4.78 is 1.38. The normalized spacial score (nSPS) is 10.8. The highest BCUT2D eigenvalue weighted by atomic mass is 35.5. The van der Waals surface area contributed by atoms with E-state index in [4.69, 9.17) is 17.3 Å². The highest BCUT2D eigenvalue weighted by Gasteiger charge is 2.18. The van der Waals surface area contributed by atoms with Crippen LogP contribution in [0.15, 0.2) is 12.1 Å². The molecule has 6 nitrogen and oxygen atoms in total. The Morgan fingerprint density at radius 1 is 1.60 bits per heavy atom. The Morgan fingerprint density at radius 3 is 2.87 bits per heavy atom. The Hall–Kier alpha value is -1.82. The summed E-state index contributed by atoms with van der Waals surface area (Å²) in [5.41, 5.74) is 5.82. The minimum absolute atomic E-state index is 0.134. The molecule has 0 amide bonds. The van der Waals surface area contributed by atoms with Crippen LogP contribution in [0.3, 0.4) is 0 Å². The van der Waals surface area contributed by atoms with Crippen molar-refractivity contribution in [3.05, 3.63) is 27.3 Å². The first kappa shape index (κ1) is 9.72. The number of nitrogen functional groups attached to an aromatic ring is 1. The van der Waals surface area contributed by atoms with Gasteiger partial charge in [-0.1, -0.05) is 11.6 Å². The lowest BCUT2D eigenvalue weighted by Crippen LogP contribution is -1.96. The van der Waals surface area contributed by atoms with Gasteiger partial charge in [-0.15, -0.1) is 0 Å². The summed E-state index contributed by atoms with van der Waals surface area (Å²) in [4.78, 5) is 10.2. The van der Waals surface area contributed by atoms with E-state index in [1.165, 1.54) is 10.7 Å². The molecule has 2 aromatic rings. The second kappa shape index (κ2) is 3.09. The van der Waals surface area contributed by atoms with Gasteiger partial charge in [0.15, 0.2) is 5.52 Å². The van der Waals surface area contributed by atoms with Crippen LogP contribution in [0, 0.1) is 10.1 Å². The number of aryl methyl sites for hydroxylation is 1. The van der Waals surface area contributed by atoms with Crippen LogP contribution < -0.4 is 5.73 Å². The first-order chi connectivity index (χ1) is 7.00. The lowest BCUT2D eigenvalue weighted by atomic mass is 10.2. The molecule has 0 aliphatic carbocycles.